The predicted molar refractivity (Wildman–Crippen MR) is 109 cm³/mol. The van der Waals surface area contributed by atoms with Gasteiger partial charge in [-0.3, -0.25) is 4.79 Å². The van der Waals surface area contributed by atoms with Crippen LogP contribution in [-0.2, 0) is 17.8 Å². The van der Waals surface area contributed by atoms with Gasteiger partial charge in [0.15, 0.2) is 0 Å². The number of likely N-dealkylation sites (tertiary alicyclic amines) is 1. The molecule has 5 heteroatoms. The minimum atomic E-state index is -0.149. The monoisotopic (exact) mass is 368 g/mol. The number of piperidine rings is 1. The number of carbonyl (C=O) groups is 1. The van der Waals surface area contributed by atoms with E-state index in [0.29, 0.717) is 0 Å². The normalized spacial score (nSPS) is 17.9. The maximum absolute atomic E-state index is 11.5. The van der Waals surface area contributed by atoms with Crippen LogP contribution in [-0.4, -0.2) is 40.0 Å². The first-order valence-electron chi connectivity index (χ1n) is 10.3. The Balaban J connectivity index is 1.62. The standard InChI is InChI=1S/C22H32N4O/c1-2-3-12-20-21(18-9-5-4-6-10-18)24-17-26(20)15-8-14-25-13-7-11-19(16-25)22(23)27/h4-6,9-10,17,19H,2-3,7-8,11-16H2,1H3,(H2,23,27)/t19-/m0/s1. The van der Waals surface area contributed by atoms with Gasteiger partial charge in [-0.1, -0.05) is 43.7 Å². The lowest BCUT2D eigenvalue weighted by Crippen LogP contribution is -2.41. The average Bonchev–Trinajstić information content (AvgIpc) is 3.10. The van der Waals surface area contributed by atoms with Crippen LogP contribution in [0.2, 0.25) is 0 Å². The Labute approximate surface area is 162 Å². The molecule has 0 spiro atoms. The van der Waals surface area contributed by atoms with Crippen LogP contribution in [0.15, 0.2) is 36.7 Å². The summed E-state index contributed by atoms with van der Waals surface area (Å²) in [4.78, 5) is 18.6. The molecule has 0 saturated carbocycles. The molecule has 1 aromatic heterocycles. The molecule has 1 amide bonds. The number of unbranched alkanes of at least 4 members (excludes halogenated alkanes) is 1. The summed E-state index contributed by atoms with van der Waals surface area (Å²) in [5.41, 5.74) is 9.16. The van der Waals surface area contributed by atoms with Gasteiger partial charge in [0.05, 0.1) is 17.9 Å². The number of nitrogens with zero attached hydrogens (tertiary/aromatic N) is 3. The van der Waals surface area contributed by atoms with Crippen molar-refractivity contribution in [3.05, 3.63) is 42.4 Å². The molecule has 2 aromatic rings. The van der Waals surface area contributed by atoms with Crippen molar-refractivity contribution in [1.29, 1.82) is 0 Å². The first-order valence-corrected chi connectivity index (χ1v) is 10.3. The van der Waals surface area contributed by atoms with Crippen molar-refractivity contribution in [1.82, 2.24) is 14.5 Å². The van der Waals surface area contributed by atoms with Crippen molar-refractivity contribution >= 4 is 5.91 Å². The van der Waals surface area contributed by atoms with Crippen molar-refractivity contribution < 1.29 is 4.79 Å². The fraction of sp³-hybridized carbons (Fsp3) is 0.545. The number of hydrogen-bond acceptors (Lipinski definition) is 3. The zero-order valence-electron chi connectivity index (χ0n) is 16.4. The molecule has 2 N–H and O–H groups in total. The maximum Gasteiger partial charge on any atom is 0.221 e. The molecule has 1 aromatic carbocycles. The number of primary amides is 1. The van der Waals surface area contributed by atoms with E-state index < -0.39 is 0 Å². The molecule has 1 atom stereocenters. The van der Waals surface area contributed by atoms with E-state index in [2.05, 4.69) is 40.7 Å². The van der Waals surface area contributed by atoms with E-state index in [0.717, 1.165) is 57.6 Å². The van der Waals surface area contributed by atoms with E-state index in [1.54, 1.807) is 0 Å². The number of hydrogen-bond donors (Lipinski definition) is 1. The number of rotatable bonds is 9. The highest BCUT2D eigenvalue weighted by Crippen LogP contribution is 2.24. The molecule has 27 heavy (non-hydrogen) atoms. The first kappa shape index (κ1) is 19.6. The van der Waals surface area contributed by atoms with Crippen LogP contribution < -0.4 is 5.73 Å². The third-order valence-corrected chi connectivity index (χ3v) is 5.54. The molecule has 146 valence electrons. The highest BCUT2D eigenvalue weighted by atomic mass is 16.1. The first-order chi connectivity index (χ1) is 13.2. The number of aromatic nitrogens is 2. The SMILES string of the molecule is CCCCc1c(-c2ccccc2)ncn1CCCN1CCC[C@H](C(N)=O)C1. The third kappa shape index (κ3) is 5.19. The Morgan fingerprint density at radius 1 is 1.22 bits per heavy atom. The van der Waals surface area contributed by atoms with Gasteiger partial charge in [0.2, 0.25) is 5.91 Å². The highest BCUT2D eigenvalue weighted by molar-refractivity contribution is 5.76. The van der Waals surface area contributed by atoms with E-state index in [-0.39, 0.29) is 11.8 Å². The van der Waals surface area contributed by atoms with Crippen LogP contribution >= 0.6 is 0 Å². The quantitative estimate of drug-likeness (QED) is 0.737. The van der Waals surface area contributed by atoms with Gasteiger partial charge in [0.1, 0.15) is 0 Å². The third-order valence-electron chi connectivity index (χ3n) is 5.54. The van der Waals surface area contributed by atoms with Crippen LogP contribution in [0.1, 0.15) is 44.7 Å². The predicted octanol–water partition coefficient (Wildman–Crippen LogP) is 3.48. The molecular weight excluding hydrogens is 336 g/mol. The summed E-state index contributed by atoms with van der Waals surface area (Å²) in [5, 5.41) is 0. The average molecular weight is 369 g/mol. The number of nitrogens with two attached hydrogens (primary N) is 1. The fourth-order valence-electron chi connectivity index (χ4n) is 4.00. The summed E-state index contributed by atoms with van der Waals surface area (Å²) in [6.45, 7) is 6.10. The second-order valence-electron chi connectivity index (χ2n) is 7.60. The van der Waals surface area contributed by atoms with Gasteiger partial charge in [-0.25, -0.2) is 4.98 Å². The van der Waals surface area contributed by atoms with Crippen molar-refractivity contribution in [2.45, 2.75) is 52.0 Å². The smallest absolute Gasteiger partial charge is 0.221 e. The van der Waals surface area contributed by atoms with Crippen LogP contribution in [0, 0.1) is 5.92 Å². The Bertz CT molecular complexity index is 725. The fourth-order valence-corrected chi connectivity index (χ4v) is 4.00. The number of benzene rings is 1. The summed E-state index contributed by atoms with van der Waals surface area (Å²) in [6.07, 6.45) is 8.49. The van der Waals surface area contributed by atoms with Crippen LogP contribution in [0.4, 0.5) is 0 Å². The van der Waals surface area contributed by atoms with Crippen molar-refractivity contribution in [3.63, 3.8) is 0 Å². The van der Waals surface area contributed by atoms with Gasteiger partial charge in [-0.15, -0.1) is 0 Å². The zero-order valence-corrected chi connectivity index (χ0v) is 16.4. The van der Waals surface area contributed by atoms with E-state index in [1.165, 1.54) is 24.1 Å². The molecular formula is C22H32N4O. The van der Waals surface area contributed by atoms with Gasteiger partial charge in [0.25, 0.3) is 0 Å². The van der Waals surface area contributed by atoms with Gasteiger partial charge in [0, 0.05) is 24.3 Å². The molecule has 0 radical (unpaired) electrons. The summed E-state index contributed by atoms with van der Waals surface area (Å²) in [5.74, 6) is -0.125. The molecule has 1 aliphatic heterocycles. The lowest BCUT2D eigenvalue weighted by molar-refractivity contribution is -0.123. The van der Waals surface area contributed by atoms with Gasteiger partial charge >= 0.3 is 0 Å². The molecule has 1 aliphatic rings. The summed E-state index contributed by atoms with van der Waals surface area (Å²) in [6, 6.07) is 10.5. The Hall–Kier alpha value is -2.14. The van der Waals surface area contributed by atoms with Crippen molar-refractivity contribution in [2.24, 2.45) is 11.7 Å². The second-order valence-corrected chi connectivity index (χ2v) is 7.60. The topological polar surface area (TPSA) is 64.2 Å². The number of carbonyl (C=O) groups excluding carboxylic acids is 1. The largest absolute Gasteiger partial charge is 0.369 e. The number of imidazole rings is 1. The zero-order chi connectivity index (χ0) is 19.1. The lowest BCUT2D eigenvalue weighted by Gasteiger charge is -2.31. The van der Waals surface area contributed by atoms with Gasteiger partial charge in [-0.2, -0.15) is 0 Å². The Morgan fingerprint density at radius 3 is 2.78 bits per heavy atom. The molecule has 0 aliphatic carbocycles. The Kier molecular flexibility index (Phi) is 7.04. The van der Waals surface area contributed by atoms with Crippen molar-refractivity contribution in [2.75, 3.05) is 19.6 Å². The molecule has 1 fully saturated rings. The minimum absolute atomic E-state index is 0.0248. The van der Waals surface area contributed by atoms with Crippen LogP contribution in [0.3, 0.4) is 0 Å². The minimum Gasteiger partial charge on any atom is -0.369 e. The van der Waals surface area contributed by atoms with E-state index in [1.807, 2.05) is 12.4 Å². The van der Waals surface area contributed by atoms with Crippen LogP contribution in [0.5, 0.6) is 0 Å². The molecule has 0 bridgehead atoms. The van der Waals surface area contributed by atoms with Gasteiger partial charge < -0.3 is 15.2 Å². The van der Waals surface area contributed by atoms with E-state index in [4.69, 9.17) is 10.7 Å². The highest BCUT2D eigenvalue weighted by Gasteiger charge is 2.23. The molecule has 5 nitrogen and oxygen atoms in total. The maximum atomic E-state index is 11.5. The number of aryl methyl sites for hydroxylation is 1. The van der Waals surface area contributed by atoms with Crippen LogP contribution in [0.25, 0.3) is 11.3 Å². The summed E-state index contributed by atoms with van der Waals surface area (Å²) >= 11 is 0. The molecule has 1 saturated heterocycles. The van der Waals surface area contributed by atoms with E-state index >= 15 is 0 Å². The lowest BCUT2D eigenvalue weighted by atomic mass is 9.97. The second kappa shape index (κ2) is 9.70. The molecule has 3 rings (SSSR count). The van der Waals surface area contributed by atoms with Crippen molar-refractivity contribution in [3.8, 4) is 11.3 Å². The summed E-state index contributed by atoms with van der Waals surface area (Å²) in [7, 11) is 0. The molecule has 2 heterocycles. The number of amides is 1. The van der Waals surface area contributed by atoms with E-state index in [9.17, 15) is 4.79 Å². The molecule has 0 unspecified atom stereocenters. The Morgan fingerprint density at radius 2 is 2.04 bits per heavy atom. The van der Waals surface area contributed by atoms with Gasteiger partial charge in [-0.05, 0) is 45.2 Å². The summed E-state index contributed by atoms with van der Waals surface area (Å²) < 4.78 is 2.33.